The van der Waals surface area contributed by atoms with Gasteiger partial charge in [-0.05, 0) is 48.5 Å². The molecule has 0 radical (unpaired) electrons. The van der Waals surface area contributed by atoms with Gasteiger partial charge in [0.1, 0.15) is 0 Å². The van der Waals surface area contributed by atoms with E-state index in [2.05, 4.69) is 10.6 Å². The van der Waals surface area contributed by atoms with Gasteiger partial charge in [-0.25, -0.2) is 0 Å². The number of nitrogens with one attached hydrogen (secondary N) is 2. The summed E-state index contributed by atoms with van der Waals surface area (Å²) in [4.78, 5) is 23.5. The van der Waals surface area contributed by atoms with Crippen LogP contribution in [0.4, 0.5) is 0 Å². The second-order valence-corrected chi connectivity index (χ2v) is 6.74. The minimum atomic E-state index is -0.179. The lowest BCUT2D eigenvalue weighted by atomic mass is 9.65. The van der Waals surface area contributed by atoms with Crippen molar-refractivity contribution in [3.05, 3.63) is 22.4 Å². The lowest BCUT2D eigenvalue weighted by Gasteiger charge is -2.42. The molecule has 1 heterocycles. The third-order valence-corrected chi connectivity index (χ3v) is 5.31. The predicted molar refractivity (Wildman–Crippen MR) is 78.7 cm³/mol. The van der Waals surface area contributed by atoms with Crippen LogP contribution in [0, 0.1) is 11.3 Å². The first-order chi connectivity index (χ1) is 9.70. The van der Waals surface area contributed by atoms with E-state index in [4.69, 9.17) is 0 Å². The molecule has 2 amide bonds. The first kappa shape index (κ1) is 13.6. The van der Waals surface area contributed by atoms with Gasteiger partial charge in [0, 0.05) is 17.5 Å². The Bertz CT molecular complexity index is 490. The smallest absolute Gasteiger partial charge is 0.252 e. The SMILES string of the molecule is O=C(CNC(=O)c1ccsc1)NCC1(C2CC2)CCC1. The molecule has 2 aliphatic carbocycles. The summed E-state index contributed by atoms with van der Waals surface area (Å²) < 4.78 is 0. The van der Waals surface area contributed by atoms with Crippen LogP contribution in [0.3, 0.4) is 0 Å². The topological polar surface area (TPSA) is 58.2 Å². The zero-order chi connectivity index (χ0) is 14.0. The average molecular weight is 292 g/mol. The van der Waals surface area contributed by atoms with Gasteiger partial charge < -0.3 is 10.6 Å². The lowest BCUT2D eigenvalue weighted by molar-refractivity contribution is -0.121. The van der Waals surface area contributed by atoms with Crippen LogP contribution in [0.1, 0.15) is 42.5 Å². The van der Waals surface area contributed by atoms with Gasteiger partial charge in [0.15, 0.2) is 0 Å². The molecule has 2 saturated carbocycles. The Kier molecular flexibility index (Phi) is 3.78. The summed E-state index contributed by atoms with van der Waals surface area (Å²) in [5.74, 6) is 0.569. The molecular weight excluding hydrogens is 272 g/mol. The molecule has 2 aliphatic rings. The molecule has 1 aromatic heterocycles. The van der Waals surface area contributed by atoms with Crippen LogP contribution < -0.4 is 10.6 Å². The minimum Gasteiger partial charge on any atom is -0.354 e. The molecule has 0 aromatic carbocycles. The van der Waals surface area contributed by atoms with E-state index >= 15 is 0 Å². The lowest BCUT2D eigenvalue weighted by Crippen LogP contribution is -2.46. The first-order valence-corrected chi connectivity index (χ1v) is 8.21. The van der Waals surface area contributed by atoms with Crippen molar-refractivity contribution in [2.45, 2.75) is 32.1 Å². The van der Waals surface area contributed by atoms with Gasteiger partial charge in [0.25, 0.3) is 5.91 Å². The zero-order valence-corrected chi connectivity index (χ0v) is 12.3. The summed E-state index contributed by atoms with van der Waals surface area (Å²) >= 11 is 1.48. The second kappa shape index (κ2) is 5.56. The summed E-state index contributed by atoms with van der Waals surface area (Å²) in [5.41, 5.74) is 1.00. The van der Waals surface area contributed by atoms with E-state index in [0.717, 1.165) is 12.5 Å². The van der Waals surface area contributed by atoms with Gasteiger partial charge in [-0.2, -0.15) is 11.3 Å². The number of amides is 2. The van der Waals surface area contributed by atoms with Crippen LogP contribution in [0.5, 0.6) is 0 Å². The number of hydrogen-bond acceptors (Lipinski definition) is 3. The standard InChI is InChI=1S/C15H20N2O2S/c18-13(8-16-14(19)11-4-7-20-9-11)17-10-15(5-1-6-15)12-2-3-12/h4,7,9,12H,1-3,5-6,8,10H2,(H,16,19)(H,17,18). The Balaban J connectivity index is 1.40. The fraction of sp³-hybridized carbons (Fsp3) is 0.600. The molecule has 0 aliphatic heterocycles. The van der Waals surface area contributed by atoms with Crippen LogP contribution in [0.25, 0.3) is 0 Å². The largest absolute Gasteiger partial charge is 0.354 e. The van der Waals surface area contributed by atoms with Crippen molar-refractivity contribution in [2.24, 2.45) is 11.3 Å². The van der Waals surface area contributed by atoms with Crippen LogP contribution in [-0.2, 0) is 4.79 Å². The third kappa shape index (κ3) is 2.87. The number of carbonyl (C=O) groups is 2. The number of hydrogen-bond donors (Lipinski definition) is 2. The van der Waals surface area contributed by atoms with Crippen molar-refractivity contribution in [3.63, 3.8) is 0 Å². The molecule has 2 fully saturated rings. The summed E-state index contributed by atoms with van der Waals surface area (Å²) in [7, 11) is 0. The highest BCUT2D eigenvalue weighted by Crippen LogP contribution is 2.56. The molecule has 5 heteroatoms. The zero-order valence-electron chi connectivity index (χ0n) is 11.5. The van der Waals surface area contributed by atoms with Crippen LogP contribution >= 0.6 is 11.3 Å². The fourth-order valence-corrected chi connectivity index (χ4v) is 3.69. The Morgan fingerprint density at radius 2 is 2.10 bits per heavy atom. The Morgan fingerprint density at radius 3 is 2.65 bits per heavy atom. The maximum Gasteiger partial charge on any atom is 0.252 e. The highest BCUT2D eigenvalue weighted by molar-refractivity contribution is 7.08. The van der Waals surface area contributed by atoms with Crippen LogP contribution in [-0.4, -0.2) is 24.9 Å². The average Bonchev–Trinajstić information content (AvgIpc) is 3.09. The monoisotopic (exact) mass is 292 g/mol. The maximum absolute atomic E-state index is 11.8. The van der Waals surface area contributed by atoms with E-state index in [1.165, 1.54) is 43.4 Å². The quantitative estimate of drug-likeness (QED) is 0.844. The first-order valence-electron chi connectivity index (χ1n) is 7.27. The van der Waals surface area contributed by atoms with E-state index in [9.17, 15) is 9.59 Å². The normalized spacial score (nSPS) is 20.0. The fourth-order valence-electron chi connectivity index (χ4n) is 3.05. The Labute approximate surface area is 122 Å². The van der Waals surface area contributed by atoms with Gasteiger partial charge in [0.05, 0.1) is 6.54 Å². The summed E-state index contributed by atoms with van der Waals surface area (Å²) in [6.07, 6.45) is 6.44. The minimum absolute atomic E-state index is 0.0649. The molecule has 1 aromatic rings. The summed E-state index contributed by atoms with van der Waals surface area (Å²) in [6.45, 7) is 0.847. The highest BCUT2D eigenvalue weighted by atomic mass is 32.1. The van der Waals surface area contributed by atoms with Gasteiger partial charge >= 0.3 is 0 Å². The molecule has 0 bridgehead atoms. The predicted octanol–water partition coefficient (Wildman–Crippen LogP) is 2.17. The highest BCUT2D eigenvalue weighted by Gasteiger charge is 2.48. The molecule has 20 heavy (non-hydrogen) atoms. The molecule has 108 valence electrons. The van der Waals surface area contributed by atoms with Gasteiger partial charge in [0.2, 0.25) is 5.91 Å². The summed E-state index contributed by atoms with van der Waals surface area (Å²) in [5, 5.41) is 9.29. The van der Waals surface area contributed by atoms with E-state index in [-0.39, 0.29) is 18.4 Å². The van der Waals surface area contributed by atoms with Gasteiger partial charge in [-0.15, -0.1) is 0 Å². The van der Waals surface area contributed by atoms with Gasteiger partial charge in [-0.1, -0.05) is 6.42 Å². The van der Waals surface area contributed by atoms with Crippen molar-refractivity contribution < 1.29 is 9.59 Å². The van der Waals surface area contributed by atoms with Crippen molar-refractivity contribution in [1.29, 1.82) is 0 Å². The van der Waals surface area contributed by atoms with Crippen molar-refractivity contribution in [2.75, 3.05) is 13.1 Å². The molecule has 4 nitrogen and oxygen atoms in total. The maximum atomic E-state index is 11.8. The molecule has 2 N–H and O–H groups in total. The number of carbonyl (C=O) groups excluding carboxylic acids is 2. The van der Waals surface area contributed by atoms with Crippen molar-refractivity contribution >= 4 is 23.2 Å². The van der Waals surface area contributed by atoms with Crippen LogP contribution in [0.2, 0.25) is 0 Å². The summed E-state index contributed by atoms with van der Waals surface area (Å²) in [6, 6.07) is 1.76. The van der Waals surface area contributed by atoms with Crippen molar-refractivity contribution in [3.8, 4) is 0 Å². The Morgan fingerprint density at radius 1 is 1.30 bits per heavy atom. The molecule has 3 rings (SSSR count). The van der Waals surface area contributed by atoms with E-state index < -0.39 is 0 Å². The van der Waals surface area contributed by atoms with E-state index in [1.807, 2.05) is 5.38 Å². The second-order valence-electron chi connectivity index (χ2n) is 5.96. The Hall–Kier alpha value is -1.36. The van der Waals surface area contributed by atoms with Gasteiger partial charge in [-0.3, -0.25) is 9.59 Å². The van der Waals surface area contributed by atoms with E-state index in [1.54, 1.807) is 11.4 Å². The molecule has 0 unspecified atom stereocenters. The molecule has 0 atom stereocenters. The van der Waals surface area contributed by atoms with Crippen LogP contribution in [0.15, 0.2) is 16.8 Å². The number of thiophene rings is 1. The molecule has 0 spiro atoms. The third-order valence-electron chi connectivity index (χ3n) is 4.62. The number of rotatable bonds is 6. The van der Waals surface area contributed by atoms with Crippen molar-refractivity contribution in [1.82, 2.24) is 10.6 Å². The molecule has 0 saturated heterocycles. The van der Waals surface area contributed by atoms with E-state index in [0.29, 0.717) is 11.0 Å². The molecular formula is C15H20N2O2S.